The third-order valence-electron chi connectivity index (χ3n) is 3.75. The minimum atomic E-state index is -0.544. The second kappa shape index (κ2) is 8.96. The number of esters is 1. The number of hydrogen-bond acceptors (Lipinski definition) is 4. The first kappa shape index (κ1) is 17.0. The van der Waals surface area contributed by atoms with Gasteiger partial charge in [0.1, 0.15) is 6.04 Å². The van der Waals surface area contributed by atoms with Crippen molar-refractivity contribution in [3.63, 3.8) is 0 Å². The summed E-state index contributed by atoms with van der Waals surface area (Å²) in [5.74, 6) is 5.44. The molecule has 1 aromatic carbocycles. The summed E-state index contributed by atoms with van der Waals surface area (Å²) in [6.45, 7) is 1.62. The molecule has 0 unspecified atom stereocenters. The van der Waals surface area contributed by atoms with E-state index in [9.17, 15) is 9.59 Å². The number of hydrogen-bond donors (Lipinski definition) is 2. The van der Waals surface area contributed by atoms with Crippen molar-refractivity contribution in [3.05, 3.63) is 35.9 Å². The van der Waals surface area contributed by atoms with Crippen molar-refractivity contribution in [2.45, 2.75) is 25.3 Å². The van der Waals surface area contributed by atoms with Crippen molar-refractivity contribution in [2.24, 2.45) is 5.92 Å². The van der Waals surface area contributed by atoms with E-state index in [1.807, 2.05) is 30.3 Å². The molecule has 0 bridgehead atoms. The lowest BCUT2D eigenvalue weighted by Gasteiger charge is -2.23. The quantitative estimate of drug-likeness (QED) is 0.645. The Morgan fingerprint density at radius 2 is 2.17 bits per heavy atom. The zero-order chi connectivity index (χ0) is 16.5. The maximum absolute atomic E-state index is 12.3. The smallest absolute Gasteiger partial charge is 0.308 e. The van der Waals surface area contributed by atoms with Gasteiger partial charge in [-0.05, 0) is 31.5 Å². The van der Waals surface area contributed by atoms with E-state index in [1.165, 1.54) is 7.11 Å². The lowest BCUT2D eigenvalue weighted by Crippen LogP contribution is -2.44. The molecule has 0 saturated carbocycles. The number of benzene rings is 1. The summed E-state index contributed by atoms with van der Waals surface area (Å²) < 4.78 is 4.69. The molecule has 122 valence electrons. The molecule has 2 N–H and O–H groups in total. The Bertz CT molecular complexity index is 583. The molecular formula is C18H22N2O3. The molecule has 1 heterocycles. The molecule has 0 aromatic heterocycles. The number of piperidine rings is 1. The lowest BCUT2D eigenvalue weighted by atomic mass is 9.98. The third-order valence-corrected chi connectivity index (χ3v) is 3.75. The normalized spacial score (nSPS) is 18.2. The van der Waals surface area contributed by atoms with Crippen LogP contribution >= 0.6 is 0 Å². The summed E-state index contributed by atoms with van der Waals surface area (Å²) in [7, 11) is 1.33. The molecule has 1 fully saturated rings. The average molecular weight is 314 g/mol. The van der Waals surface area contributed by atoms with Crippen molar-refractivity contribution in [1.29, 1.82) is 0 Å². The number of amides is 1. The van der Waals surface area contributed by atoms with E-state index in [4.69, 9.17) is 0 Å². The van der Waals surface area contributed by atoms with Crippen LogP contribution in [0.3, 0.4) is 0 Å². The van der Waals surface area contributed by atoms with Gasteiger partial charge in [-0.3, -0.25) is 9.59 Å². The highest BCUT2D eigenvalue weighted by Gasteiger charge is 2.23. The second-order valence-corrected chi connectivity index (χ2v) is 5.52. The van der Waals surface area contributed by atoms with E-state index in [2.05, 4.69) is 27.2 Å². The number of carbonyl (C=O) groups is 2. The van der Waals surface area contributed by atoms with Crippen LogP contribution in [0.2, 0.25) is 0 Å². The Morgan fingerprint density at radius 3 is 2.83 bits per heavy atom. The third kappa shape index (κ3) is 5.76. The molecule has 0 aliphatic carbocycles. The van der Waals surface area contributed by atoms with E-state index in [-0.39, 0.29) is 24.2 Å². The van der Waals surface area contributed by atoms with Gasteiger partial charge in [-0.2, -0.15) is 0 Å². The Labute approximate surface area is 136 Å². The summed E-state index contributed by atoms with van der Waals surface area (Å²) in [5, 5.41) is 6.08. The molecule has 5 nitrogen and oxygen atoms in total. The summed E-state index contributed by atoms with van der Waals surface area (Å²) in [5.41, 5.74) is 0.843. The summed E-state index contributed by atoms with van der Waals surface area (Å²) in [4.78, 5) is 23.9. The minimum Gasteiger partial charge on any atom is -0.469 e. The van der Waals surface area contributed by atoms with Gasteiger partial charge in [-0.25, -0.2) is 0 Å². The van der Waals surface area contributed by atoms with Gasteiger partial charge in [-0.1, -0.05) is 30.0 Å². The topological polar surface area (TPSA) is 67.4 Å². The second-order valence-electron chi connectivity index (χ2n) is 5.52. The van der Waals surface area contributed by atoms with E-state index < -0.39 is 6.04 Å². The van der Waals surface area contributed by atoms with Crippen LogP contribution in [-0.2, 0) is 14.3 Å². The number of ether oxygens (including phenoxy) is 1. The van der Waals surface area contributed by atoms with Gasteiger partial charge in [0, 0.05) is 12.1 Å². The molecule has 2 atom stereocenters. The summed E-state index contributed by atoms with van der Waals surface area (Å²) in [6.07, 6.45) is 1.88. The molecule has 1 aliphatic heterocycles. The molecule has 1 aliphatic rings. The fraction of sp³-hybridized carbons (Fsp3) is 0.444. The summed E-state index contributed by atoms with van der Waals surface area (Å²) in [6, 6.07) is 8.92. The zero-order valence-electron chi connectivity index (χ0n) is 13.3. The Kier molecular flexibility index (Phi) is 6.64. The maximum atomic E-state index is 12.3. The fourth-order valence-corrected chi connectivity index (χ4v) is 2.45. The molecular weight excluding hydrogens is 292 g/mol. The van der Waals surface area contributed by atoms with Crippen LogP contribution in [-0.4, -0.2) is 38.1 Å². The Morgan fingerprint density at radius 1 is 1.39 bits per heavy atom. The maximum Gasteiger partial charge on any atom is 0.308 e. The van der Waals surface area contributed by atoms with Crippen LogP contribution in [0.15, 0.2) is 30.3 Å². The van der Waals surface area contributed by atoms with Gasteiger partial charge < -0.3 is 15.4 Å². The monoisotopic (exact) mass is 314 g/mol. The number of methoxy groups -OCH3 is 1. The van der Waals surface area contributed by atoms with Gasteiger partial charge in [0.05, 0.1) is 19.4 Å². The van der Waals surface area contributed by atoms with Gasteiger partial charge >= 0.3 is 5.97 Å². The minimum absolute atomic E-state index is 0.0439. The lowest BCUT2D eigenvalue weighted by molar-refractivity contribution is -0.141. The Hall–Kier alpha value is -2.32. The molecule has 0 spiro atoms. The summed E-state index contributed by atoms with van der Waals surface area (Å²) >= 11 is 0. The predicted octanol–water partition coefficient (Wildman–Crippen LogP) is 1.09. The molecule has 1 saturated heterocycles. The molecule has 1 amide bonds. The molecule has 2 rings (SSSR count). The van der Waals surface area contributed by atoms with Gasteiger partial charge in [0.2, 0.25) is 5.91 Å². The van der Waals surface area contributed by atoms with Crippen molar-refractivity contribution < 1.29 is 14.3 Å². The molecule has 5 heteroatoms. The fourth-order valence-electron chi connectivity index (χ4n) is 2.45. The van der Waals surface area contributed by atoms with Crippen LogP contribution in [0.5, 0.6) is 0 Å². The standard InChI is InChI=1S/C18H22N2O3/c1-23-17(21)12-16(10-9-14-6-3-2-4-7-14)20-18(22)15-8-5-11-19-13-15/h2-4,6-7,15-16,19H,5,8,11-13H2,1H3,(H,20,22)/t15-,16+/m1/s1. The predicted molar refractivity (Wildman–Crippen MR) is 87.5 cm³/mol. The first-order chi connectivity index (χ1) is 11.2. The largest absolute Gasteiger partial charge is 0.469 e. The highest BCUT2D eigenvalue weighted by molar-refractivity contribution is 5.81. The SMILES string of the molecule is COC(=O)C[C@H](C#Cc1ccccc1)NC(=O)[C@@H]1CCCNC1. The number of carbonyl (C=O) groups excluding carboxylic acids is 2. The van der Waals surface area contributed by atoms with Gasteiger partial charge in [0.15, 0.2) is 0 Å². The highest BCUT2D eigenvalue weighted by atomic mass is 16.5. The van der Waals surface area contributed by atoms with E-state index in [0.29, 0.717) is 6.54 Å². The van der Waals surface area contributed by atoms with Gasteiger partial charge in [0.25, 0.3) is 0 Å². The van der Waals surface area contributed by atoms with Crippen LogP contribution in [0, 0.1) is 17.8 Å². The first-order valence-electron chi connectivity index (χ1n) is 7.83. The van der Waals surface area contributed by atoms with Crippen molar-refractivity contribution >= 4 is 11.9 Å². The van der Waals surface area contributed by atoms with Crippen LogP contribution in [0.1, 0.15) is 24.8 Å². The van der Waals surface area contributed by atoms with Crippen LogP contribution in [0.25, 0.3) is 0 Å². The first-order valence-corrected chi connectivity index (χ1v) is 7.83. The van der Waals surface area contributed by atoms with E-state index in [1.54, 1.807) is 0 Å². The number of rotatable bonds is 4. The van der Waals surface area contributed by atoms with Crippen molar-refractivity contribution in [2.75, 3.05) is 20.2 Å². The average Bonchev–Trinajstić information content (AvgIpc) is 2.61. The van der Waals surface area contributed by atoms with E-state index in [0.717, 1.165) is 24.9 Å². The highest BCUT2D eigenvalue weighted by Crippen LogP contribution is 2.10. The van der Waals surface area contributed by atoms with Gasteiger partial charge in [-0.15, -0.1) is 0 Å². The Balaban J connectivity index is 2.03. The number of nitrogens with one attached hydrogen (secondary N) is 2. The zero-order valence-corrected chi connectivity index (χ0v) is 13.3. The van der Waals surface area contributed by atoms with Crippen molar-refractivity contribution in [1.82, 2.24) is 10.6 Å². The van der Waals surface area contributed by atoms with Crippen LogP contribution in [0.4, 0.5) is 0 Å². The molecule has 23 heavy (non-hydrogen) atoms. The van der Waals surface area contributed by atoms with Crippen molar-refractivity contribution in [3.8, 4) is 11.8 Å². The van der Waals surface area contributed by atoms with Crippen LogP contribution < -0.4 is 10.6 Å². The molecule has 0 radical (unpaired) electrons. The molecule has 1 aromatic rings. The van der Waals surface area contributed by atoms with E-state index >= 15 is 0 Å².